The number of halogens is 3. The number of nitrogens with one attached hydrogen (secondary N) is 3. The van der Waals surface area contributed by atoms with Crippen molar-refractivity contribution in [3.8, 4) is 0 Å². The maximum absolute atomic E-state index is 13.9. The molecule has 0 aliphatic heterocycles. The maximum atomic E-state index is 13.9. The number of aromatic nitrogens is 1. The number of nitrogens with two attached hydrogens (primary N) is 4. The fraction of sp³-hybridized carbons (Fsp3) is 0.469. The Morgan fingerprint density at radius 1 is 0.959 bits per heavy atom. The first kappa shape index (κ1) is 40.0. The molecule has 3 rings (SSSR count). The van der Waals surface area contributed by atoms with Crippen LogP contribution in [0.3, 0.4) is 0 Å². The highest BCUT2D eigenvalue weighted by molar-refractivity contribution is 5.95. The Balaban J connectivity index is 0.00000107. The third-order valence-electron chi connectivity index (χ3n) is 7.88. The van der Waals surface area contributed by atoms with E-state index >= 15 is 0 Å². The van der Waals surface area contributed by atoms with Crippen LogP contribution >= 0.6 is 0 Å². The minimum atomic E-state index is -5.08. The van der Waals surface area contributed by atoms with Gasteiger partial charge >= 0.3 is 12.1 Å². The molecule has 1 heterocycles. The van der Waals surface area contributed by atoms with Crippen LogP contribution in [0.4, 0.5) is 13.2 Å². The Labute approximate surface area is 281 Å². The molecule has 1 aliphatic rings. The van der Waals surface area contributed by atoms with E-state index in [4.69, 9.17) is 38.2 Å². The van der Waals surface area contributed by atoms with Crippen molar-refractivity contribution in [2.75, 3.05) is 6.54 Å². The maximum Gasteiger partial charge on any atom is 0.490 e. The van der Waals surface area contributed by atoms with Gasteiger partial charge in [0.15, 0.2) is 5.96 Å². The summed E-state index contributed by atoms with van der Waals surface area (Å²) in [5.41, 5.74) is 24.1. The van der Waals surface area contributed by atoms with Crippen molar-refractivity contribution in [2.24, 2.45) is 33.8 Å². The van der Waals surface area contributed by atoms with Gasteiger partial charge in [-0.1, -0.05) is 62.4 Å². The lowest BCUT2D eigenvalue weighted by atomic mass is 9.84. The molecule has 1 aromatic heterocycles. The number of alkyl halides is 3. The summed E-state index contributed by atoms with van der Waals surface area (Å²) in [5, 5.41) is 20.5. The van der Waals surface area contributed by atoms with E-state index in [2.05, 4.69) is 20.6 Å². The molecule has 49 heavy (non-hydrogen) atoms. The molecule has 268 valence electrons. The highest BCUT2D eigenvalue weighted by atomic mass is 19.4. The minimum Gasteiger partial charge on any atom is -0.475 e. The van der Waals surface area contributed by atoms with E-state index in [1.807, 2.05) is 18.2 Å². The van der Waals surface area contributed by atoms with Crippen LogP contribution in [0.1, 0.15) is 74.0 Å². The van der Waals surface area contributed by atoms with Crippen LogP contribution < -0.4 is 33.6 Å². The number of carboxylic acids is 1. The number of carboxylic acid groups (broad SMARTS) is 1. The van der Waals surface area contributed by atoms with E-state index < -0.39 is 42.0 Å². The van der Waals surface area contributed by atoms with Gasteiger partial charge in [0, 0.05) is 24.5 Å². The van der Waals surface area contributed by atoms with Crippen molar-refractivity contribution in [1.29, 1.82) is 5.41 Å². The Morgan fingerprint density at radius 3 is 2.08 bits per heavy atom. The number of aliphatic carboxylic acids is 1. The van der Waals surface area contributed by atoms with Gasteiger partial charge in [-0.25, -0.2) is 4.79 Å². The fourth-order valence-electron chi connectivity index (χ4n) is 5.32. The number of primary amides is 1. The largest absolute Gasteiger partial charge is 0.490 e. The molecule has 12 N–H and O–H groups in total. The van der Waals surface area contributed by atoms with Gasteiger partial charge in [0.2, 0.25) is 17.7 Å². The molecule has 3 amide bonds. The molecule has 14 nitrogen and oxygen atoms in total. The normalized spacial score (nSPS) is 14.9. The molecule has 0 saturated heterocycles. The van der Waals surface area contributed by atoms with Crippen molar-refractivity contribution < 1.29 is 37.5 Å². The average Bonchev–Trinajstić information content (AvgIpc) is 3.05. The minimum absolute atomic E-state index is 0.0369. The van der Waals surface area contributed by atoms with Crippen LogP contribution in [-0.2, 0) is 25.6 Å². The number of carbonyl (C=O) groups excluding carboxylic acids is 3. The first-order chi connectivity index (χ1) is 23.1. The summed E-state index contributed by atoms with van der Waals surface area (Å²) in [6.07, 6.45) is 4.98. The van der Waals surface area contributed by atoms with Gasteiger partial charge in [0.05, 0.1) is 5.92 Å². The summed E-state index contributed by atoms with van der Waals surface area (Å²) in [5.74, 6) is -4.64. The molecule has 1 unspecified atom stereocenters. The zero-order valence-electron chi connectivity index (χ0n) is 26.9. The summed E-state index contributed by atoms with van der Waals surface area (Å²) in [6.45, 7) is 0.296. The first-order valence-corrected chi connectivity index (χ1v) is 15.7. The van der Waals surface area contributed by atoms with Gasteiger partial charge in [-0.05, 0) is 48.8 Å². The molecule has 1 aromatic carbocycles. The van der Waals surface area contributed by atoms with Crippen molar-refractivity contribution in [3.05, 3.63) is 65.5 Å². The van der Waals surface area contributed by atoms with E-state index in [1.165, 1.54) is 0 Å². The van der Waals surface area contributed by atoms with Gasteiger partial charge in [-0.15, -0.1) is 0 Å². The van der Waals surface area contributed by atoms with Crippen LogP contribution in [0.15, 0.2) is 53.8 Å². The second-order valence-corrected chi connectivity index (χ2v) is 11.7. The highest BCUT2D eigenvalue weighted by Gasteiger charge is 2.38. The topological polar surface area (TPSA) is 266 Å². The lowest BCUT2D eigenvalue weighted by Crippen LogP contribution is -2.54. The third kappa shape index (κ3) is 14.6. The number of carbonyl (C=O) groups is 4. The lowest BCUT2D eigenvalue weighted by Gasteiger charge is -2.29. The van der Waals surface area contributed by atoms with Gasteiger partial charge in [-0.2, -0.15) is 13.2 Å². The summed E-state index contributed by atoms with van der Waals surface area (Å²) in [4.78, 5) is 56.6. The summed E-state index contributed by atoms with van der Waals surface area (Å²) in [7, 11) is 0. The predicted molar refractivity (Wildman–Crippen MR) is 176 cm³/mol. The Morgan fingerprint density at radius 2 is 1.57 bits per heavy atom. The number of amides is 3. The van der Waals surface area contributed by atoms with Crippen molar-refractivity contribution in [2.45, 2.75) is 82.0 Å². The van der Waals surface area contributed by atoms with Gasteiger partial charge < -0.3 is 38.7 Å². The van der Waals surface area contributed by atoms with Crippen molar-refractivity contribution >= 4 is 35.5 Å². The van der Waals surface area contributed by atoms with Gasteiger partial charge in [-0.3, -0.25) is 29.8 Å². The number of hydrogen-bond donors (Lipinski definition) is 8. The zero-order chi connectivity index (χ0) is 36.6. The SMILES string of the molecule is N=C(N)c1ccc(C[C@H](C(=O)N[C@@H](CC2CCCCC2)C(=O)NC(CCCN=C(N)N)C(N)=O)c2cccnc2)cc1.O=C(O)C(F)(F)F. The number of amidine groups is 1. The smallest absolute Gasteiger partial charge is 0.475 e. The van der Waals surface area contributed by atoms with Crippen LogP contribution in [0, 0.1) is 11.3 Å². The monoisotopic (exact) mass is 691 g/mol. The quantitative estimate of drug-likeness (QED) is 0.0768. The van der Waals surface area contributed by atoms with Crippen LogP contribution in [-0.4, -0.2) is 70.4 Å². The zero-order valence-corrected chi connectivity index (χ0v) is 26.9. The van der Waals surface area contributed by atoms with E-state index in [0.29, 0.717) is 36.9 Å². The number of benzene rings is 1. The molecule has 1 fully saturated rings. The van der Waals surface area contributed by atoms with Crippen LogP contribution in [0.25, 0.3) is 0 Å². The van der Waals surface area contributed by atoms with Crippen molar-refractivity contribution in [3.63, 3.8) is 0 Å². The number of guanidine groups is 1. The predicted octanol–water partition coefficient (Wildman–Crippen LogP) is 1.80. The molecule has 3 atom stereocenters. The van der Waals surface area contributed by atoms with E-state index in [1.54, 1.807) is 30.6 Å². The molecule has 0 spiro atoms. The first-order valence-electron chi connectivity index (χ1n) is 15.7. The number of nitrogens with zero attached hydrogens (tertiary/aromatic N) is 2. The highest BCUT2D eigenvalue weighted by Crippen LogP contribution is 2.28. The standard InChI is InChI=1S/C30H43N9O3.C2HF3O2/c31-26(32)21-12-10-20(11-13-21)16-23(22-8-4-14-36-18-22)28(41)39-25(17-19-6-2-1-3-7-19)29(42)38-24(27(33)40)9-5-15-37-30(34)35;3-2(4,5)1(6)7/h4,8,10-14,18-19,23-25H,1-3,5-7,9,15-17H2,(H3,31,32)(H2,33,40)(H,38,42)(H,39,41)(H4,34,35,37);(H,6,7)/t23-,24?,25-;/m0./s1. The van der Waals surface area contributed by atoms with E-state index in [9.17, 15) is 27.6 Å². The second kappa shape index (κ2) is 19.6. The number of aliphatic imine (C=N–C) groups is 1. The summed E-state index contributed by atoms with van der Waals surface area (Å²) < 4.78 is 31.7. The number of pyridine rings is 1. The Kier molecular flexibility index (Phi) is 16.0. The average molecular weight is 692 g/mol. The molecule has 1 aliphatic carbocycles. The summed E-state index contributed by atoms with van der Waals surface area (Å²) in [6, 6.07) is 8.97. The Hall–Kier alpha value is -5.22. The molecule has 0 radical (unpaired) electrons. The summed E-state index contributed by atoms with van der Waals surface area (Å²) >= 11 is 0. The van der Waals surface area contributed by atoms with E-state index in [-0.39, 0.29) is 30.0 Å². The molecular weight excluding hydrogens is 647 g/mol. The van der Waals surface area contributed by atoms with Gasteiger partial charge in [0.1, 0.15) is 17.9 Å². The fourth-order valence-corrected chi connectivity index (χ4v) is 5.32. The molecule has 2 aromatic rings. The second-order valence-electron chi connectivity index (χ2n) is 11.7. The van der Waals surface area contributed by atoms with Gasteiger partial charge in [0.25, 0.3) is 0 Å². The third-order valence-corrected chi connectivity index (χ3v) is 7.88. The number of hydrogen-bond acceptors (Lipinski definition) is 7. The lowest BCUT2D eigenvalue weighted by molar-refractivity contribution is -0.192. The van der Waals surface area contributed by atoms with Crippen LogP contribution in [0.5, 0.6) is 0 Å². The molecular formula is C32H44F3N9O5. The molecule has 17 heteroatoms. The van der Waals surface area contributed by atoms with Crippen LogP contribution in [0.2, 0.25) is 0 Å². The molecule has 0 bridgehead atoms. The number of rotatable bonds is 15. The molecule has 1 saturated carbocycles. The number of nitrogen functional groups attached to an aromatic ring is 1. The van der Waals surface area contributed by atoms with E-state index in [0.717, 1.165) is 37.7 Å². The Bertz CT molecular complexity index is 1430. The van der Waals surface area contributed by atoms with Crippen molar-refractivity contribution in [1.82, 2.24) is 15.6 Å².